The standard InChI is InChI=1S/C22H20N2O5S/c1-11-7-15-16(8-12(11)2)24-20(25)19(30-22(24)23-15)10-14-5-6-17(18(9-14)28-4)29-13(3)21(26)27/h5-10,13H,1-4H3,(H,26,27). The van der Waals surface area contributed by atoms with Crippen molar-refractivity contribution in [3.05, 3.63) is 61.9 Å². The Morgan fingerprint density at radius 3 is 2.63 bits per heavy atom. The van der Waals surface area contributed by atoms with Gasteiger partial charge in [-0.1, -0.05) is 17.4 Å². The first-order chi connectivity index (χ1) is 14.3. The Bertz CT molecular complexity index is 1400. The smallest absolute Gasteiger partial charge is 0.344 e. The molecule has 30 heavy (non-hydrogen) atoms. The zero-order chi connectivity index (χ0) is 21.6. The number of aliphatic carboxylic acids is 1. The van der Waals surface area contributed by atoms with Crippen LogP contribution in [0.15, 0.2) is 35.1 Å². The number of fused-ring (bicyclic) bond motifs is 3. The predicted molar refractivity (Wildman–Crippen MR) is 116 cm³/mol. The van der Waals surface area contributed by atoms with E-state index in [0.29, 0.717) is 21.0 Å². The van der Waals surface area contributed by atoms with Gasteiger partial charge in [-0.25, -0.2) is 14.2 Å². The molecule has 0 fully saturated rings. The number of aryl methyl sites for hydroxylation is 2. The summed E-state index contributed by atoms with van der Waals surface area (Å²) in [5.41, 5.74) is 4.47. The van der Waals surface area contributed by atoms with Crippen molar-refractivity contribution in [3.63, 3.8) is 0 Å². The minimum absolute atomic E-state index is 0.125. The molecule has 7 nitrogen and oxygen atoms in total. The summed E-state index contributed by atoms with van der Waals surface area (Å²) in [7, 11) is 1.48. The van der Waals surface area contributed by atoms with Crippen LogP contribution in [-0.4, -0.2) is 33.7 Å². The van der Waals surface area contributed by atoms with Crippen LogP contribution in [0, 0.1) is 13.8 Å². The summed E-state index contributed by atoms with van der Waals surface area (Å²) < 4.78 is 12.9. The highest BCUT2D eigenvalue weighted by atomic mass is 32.1. The lowest BCUT2D eigenvalue weighted by Gasteiger charge is -2.14. The molecule has 2 aromatic carbocycles. The lowest BCUT2D eigenvalue weighted by atomic mass is 10.1. The minimum Gasteiger partial charge on any atom is -0.493 e. The van der Waals surface area contributed by atoms with Crippen molar-refractivity contribution in [2.75, 3.05) is 7.11 Å². The number of hydrogen-bond donors (Lipinski definition) is 1. The second kappa shape index (κ2) is 7.46. The first kappa shape index (κ1) is 19.9. The molecule has 1 N–H and O–H groups in total. The number of methoxy groups -OCH3 is 1. The van der Waals surface area contributed by atoms with Crippen LogP contribution in [0.2, 0.25) is 0 Å². The summed E-state index contributed by atoms with van der Waals surface area (Å²) in [5, 5.41) is 9.03. The Morgan fingerprint density at radius 2 is 1.93 bits per heavy atom. The highest BCUT2D eigenvalue weighted by Crippen LogP contribution is 2.29. The fourth-order valence-electron chi connectivity index (χ4n) is 3.18. The van der Waals surface area contributed by atoms with Crippen molar-refractivity contribution in [3.8, 4) is 11.5 Å². The van der Waals surface area contributed by atoms with E-state index in [4.69, 9.17) is 14.6 Å². The molecule has 1 atom stereocenters. The van der Waals surface area contributed by atoms with Gasteiger partial charge >= 0.3 is 5.97 Å². The summed E-state index contributed by atoms with van der Waals surface area (Å²) in [4.78, 5) is 29.3. The van der Waals surface area contributed by atoms with E-state index in [1.54, 1.807) is 28.7 Å². The molecule has 0 radical (unpaired) electrons. The summed E-state index contributed by atoms with van der Waals surface area (Å²) >= 11 is 1.32. The molecule has 1 unspecified atom stereocenters. The fourth-order valence-corrected chi connectivity index (χ4v) is 4.17. The van der Waals surface area contributed by atoms with E-state index in [9.17, 15) is 9.59 Å². The third kappa shape index (κ3) is 3.39. The Balaban J connectivity index is 1.79. The molecule has 0 saturated carbocycles. The molecule has 0 bridgehead atoms. The zero-order valence-corrected chi connectivity index (χ0v) is 17.7. The van der Waals surface area contributed by atoms with Crippen LogP contribution in [0.5, 0.6) is 11.5 Å². The van der Waals surface area contributed by atoms with E-state index in [0.717, 1.165) is 27.7 Å². The summed E-state index contributed by atoms with van der Waals surface area (Å²) in [6.45, 7) is 5.48. The molecule has 0 spiro atoms. The number of carboxylic acids is 1. The van der Waals surface area contributed by atoms with Gasteiger partial charge < -0.3 is 14.6 Å². The maximum atomic E-state index is 13.0. The summed E-state index contributed by atoms with van der Waals surface area (Å²) in [6, 6.07) is 9.07. The molecular formula is C22H20N2O5S. The Labute approximate surface area is 175 Å². The van der Waals surface area contributed by atoms with Crippen molar-refractivity contribution in [1.29, 1.82) is 0 Å². The molecule has 2 aromatic heterocycles. The van der Waals surface area contributed by atoms with Crippen molar-refractivity contribution >= 4 is 39.4 Å². The van der Waals surface area contributed by atoms with Crippen LogP contribution in [0.1, 0.15) is 23.6 Å². The van der Waals surface area contributed by atoms with Gasteiger partial charge in [0, 0.05) is 0 Å². The number of benzene rings is 2. The molecule has 0 aliphatic heterocycles. The van der Waals surface area contributed by atoms with Gasteiger partial charge in [0.25, 0.3) is 5.56 Å². The maximum absolute atomic E-state index is 13.0. The van der Waals surface area contributed by atoms with E-state index >= 15 is 0 Å². The van der Waals surface area contributed by atoms with Crippen molar-refractivity contribution in [2.45, 2.75) is 26.9 Å². The van der Waals surface area contributed by atoms with E-state index < -0.39 is 12.1 Å². The van der Waals surface area contributed by atoms with Crippen LogP contribution < -0.4 is 19.6 Å². The minimum atomic E-state index is -1.07. The number of carboxylic acid groups (broad SMARTS) is 1. The maximum Gasteiger partial charge on any atom is 0.344 e. The van der Waals surface area contributed by atoms with E-state index in [2.05, 4.69) is 4.98 Å². The summed E-state index contributed by atoms with van der Waals surface area (Å²) in [6.07, 6.45) is 0.758. The average molecular weight is 424 g/mol. The molecule has 154 valence electrons. The van der Waals surface area contributed by atoms with E-state index in [-0.39, 0.29) is 5.56 Å². The number of hydrogen-bond acceptors (Lipinski definition) is 6. The fraction of sp³-hybridized carbons (Fsp3) is 0.227. The van der Waals surface area contributed by atoms with Gasteiger partial charge in [-0.2, -0.15) is 0 Å². The zero-order valence-electron chi connectivity index (χ0n) is 16.9. The molecule has 8 heteroatoms. The average Bonchev–Trinajstić information content (AvgIpc) is 3.19. The van der Waals surface area contributed by atoms with E-state index in [1.807, 2.05) is 26.0 Å². The van der Waals surface area contributed by atoms with Gasteiger partial charge in [0.2, 0.25) is 0 Å². The first-order valence-electron chi connectivity index (χ1n) is 9.30. The predicted octanol–water partition coefficient (Wildman–Crippen LogP) is 2.93. The van der Waals surface area contributed by atoms with Crippen LogP contribution in [0.4, 0.5) is 0 Å². The largest absolute Gasteiger partial charge is 0.493 e. The second-order valence-electron chi connectivity index (χ2n) is 7.08. The third-order valence-corrected chi connectivity index (χ3v) is 5.96. The van der Waals surface area contributed by atoms with Gasteiger partial charge in [-0.05, 0) is 67.8 Å². The SMILES string of the molecule is COc1cc(C=c2sc3nc4cc(C)c(C)cc4n3c2=O)ccc1OC(C)C(=O)O. The Morgan fingerprint density at radius 1 is 1.20 bits per heavy atom. The molecule has 0 saturated heterocycles. The number of aromatic nitrogens is 2. The highest BCUT2D eigenvalue weighted by Gasteiger charge is 2.16. The number of thiazole rings is 1. The Kier molecular flexibility index (Phi) is 4.95. The van der Waals surface area contributed by atoms with Crippen molar-refractivity contribution in [2.24, 2.45) is 0 Å². The van der Waals surface area contributed by atoms with Crippen LogP contribution >= 0.6 is 11.3 Å². The number of nitrogens with zero attached hydrogens (tertiary/aromatic N) is 2. The molecule has 0 amide bonds. The van der Waals surface area contributed by atoms with Crippen LogP contribution in [0.3, 0.4) is 0 Å². The van der Waals surface area contributed by atoms with Gasteiger partial charge in [-0.3, -0.25) is 4.79 Å². The van der Waals surface area contributed by atoms with Gasteiger partial charge in [0.15, 0.2) is 22.6 Å². The first-order valence-corrected chi connectivity index (χ1v) is 10.1. The van der Waals surface area contributed by atoms with Crippen molar-refractivity contribution < 1.29 is 19.4 Å². The molecule has 0 aliphatic carbocycles. The van der Waals surface area contributed by atoms with Crippen LogP contribution in [-0.2, 0) is 4.79 Å². The Hall–Kier alpha value is -3.39. The van der Waals surface area contributed by atoms with Crippen molar-refractivity contribution in [1.82, 2.24) is 9.38 Å². The molecule has 2 heterocycles. The van der Waals surface area contributed by atoms with Crippen LogP contribution in [0.25, 0.3) is 22.1 Å². The third-order valence-electron chi connectivity index (χ3n) is 4.99. The molecular weight excluding hydrogens is 404 g/mol. The van der Waals surface area contributed by atoms with Gasteiger partial charge in [0.1, 0.15) is 0 Å². The topological polar surface area (TPSA) is 90.1 Å². The monoisotopic (exact) mass is 424 g/mol. The lowest BCUT2D eigenvalue weighted by molar-refractivity contribution is -0.144. The molecule has 4 rings (SSSR count). The summed E-state index contributed by atoms with van der Waals surface area (Å²) in [5.74, 6) is -0.352. The van der Waals surface area contributed by atoms with Gasteiger partial charge in [0.05, 0.1) is 22.7 Å². The number of imidazole rings is 1. The van der Waals surface area contributed by atoms with Gasteiger partial charge in [-0.15, -0.1) is 0 Å². The number of ether oxygens (including phenoxy) is 2. The quantitative estimate of drug-likeness (QED) is 0.530. The lowest BCUT2D eigenvalue weighted by Crippen LogP contribution is -2.23. The van der Waals surface area contributed by atoms with E-state index in [1.165, 1.54) is 25.4 Å². The molecule has 4 aromatic rings. The number of rotatable bonds is 5. The second-order valence-corrected chi connectivity index (χ2v) is 8.09. The normalized spacial score (nSPS) is 13.1. The highest BCUT2D eigenvalue weighted by molar-refractivity contribution is 7.15. The molecule has 0 aliphatic rings. The number of carbonyl (C=O) groups is 1.